The minimum absolute atomic E-state index is 0.437. The third kappa shape index (κ3) is 2.28. The normalized spacial score (nSPS) is 24.7. The predicted molar refractivity (Wildman–Crippen MR) is 65.6 cm³/mol. The molecular formula is C11H17ClN4. The predicted octanol–water partition coefficient (Wildman–Crippen LogP) is 1.69. The molecule has 88 valence electrons. The summed E-state index contributed by atoms with van der Waals surface area (Å²) in [5, 5.41) is 0.437. The van der Waals surface area contributed by atoms with Crippen molar-refractivity contribution >= 4 is 17.4 Å². The Morgan fingerprint density at radius 3 is 3.00 bits per heavy atom. The summed E-state index contributed by atoms with van der Waals surface area (Å²) in [6.07, 6.45) is 6.92. The Morgan fingerprint density at radius 1 is 1.50 bits per heavy atom. The quantitative estimate of drug-likeness (QED) is 0.874. The van der Waals surface area contributed by atoms with Gasteiger partial charge < -0.3 is 10.6 Å². The molecule has 0 radical (unpaired) electrons. The van der Waals surface area contributed by atoms with Crippen LogP contribution in [0, 0.1) is 5.92 Å². The second-order valence-electron chi connectivity index (χ2n) is 4.30. The summed E-state index contributed by atoms with van der Waals surface area (Å²) in [6, 6.07) is 0.470. The molecular weight excluding hydrogens is 224 g/mol. The molecule has 0 amide bonds. The van der Waals surface area contributed by atoms with E-state index >= 15 is 0 Å². The lowest BCUT2D eigenvalue weighted by molar-refractivity contribution is 0.472. The van der Waals surface area contributed by atoms with Crippen LogP contribution in [-0.4, -0.2) is 29.6 Å². The number of hydrogen-bond acceptors (Lipinski definition) is 4. The van der Waals surface area contributed by atoms with Gasteiger partial charge in [-0.3, -0.25) is 4.98 Å². The average Bonchev–Trinajstić information content (AvgIpc) is 2.76. The zero-order valence-corrected chi connectivity index (χ0v) is 10.2. The van der Waals surface area contributed by atoms with Crippen molar-refractivity contribution in [2.75, 3.05) is 18.5 Å². The molecule has 1 aliphatic carbocycles. The first-order chi connectivity index (χ1) is 7.72. The second kappa shape index (κ2) is 4.97. The van der Waals surface area contributed by atoms with Crippen molar-refractivity contribution in [1.29, 1.82) is 0 Å². The van der Waals surface area contributed by atoms with Crippen LogP contribution in [0.3, 0.4) is 0 Å². The van der Waals surface area contributed by atoms with Gasteiger partial charge >= 0.3 is 0 Å². The van der Waals surface area contributed by atoms with Gasteiger partial charge in [-0.1, -0.05) is 18.0 Å². The zero-order valence-electron chi connectivity index (χ0n) is 9.43. The van der Waals surface area contributed by atoms with Gasteiger partial charge in [-0.25, -0.2) is 4.98 Å². The summed E-state index contributed by atoms with van der Waals surface area (Å²) in [7, 11) is 2.04. The molecule has 0 bridgehead atoms. The van der Waals surface area contributed by atoms with E-state index in [9.17, 15) is 0 Å². The summed E-state index contributed by atoms with van der Waals surface area (Å²) in [5.41, 5.74) is 5.78. The van der Waals surface area contributed by atoms with Crippen LogP contribution >= 0.6 is 11.6 Å². The number of rotatable bonds is 3. The molecule has 1 aliphatic rings. The van der Waals surface area contributed by atoms with Crippen molar-refractivity contribution in [3.63, 3.8) is 0 Å². The van der Waals surface area contributed by atoms with Crippen molar-refractivity contribution in [2.45, 2.75) is 25.3 Å². The van der Waals surface area contributed by atoms with Crippen LogP contribution in [0.4, 0.5) is 5.82 Å². The maximum absolute atomic E-state index is 5.84. The van der Waals surface area contributed by atoms with Crippen molar-refractivity contribution in [2.24, 2.45) is 11.7 Å². The van der Waals surface area contributed by atoms with Crippen molar-refractivity contribution in [1.82, 2.24) is 9.97 Å². The highest BCUT2D eigenvalue weighted by molar-refractivity contribution is 6.29. The molecule has 2 rings (SSSR count). The maximum Gasteiger partial charge on any atom is 0.149 e. The summed E-state index contributed by atoms with van der Waals surface area (Å²) in [6.45, 7) is 0.739. The van der Waals surface area contributed by atoms with E-state index in [-0.39, 0.29) is 0 Å². The van der Waals surface area contributed by atoms with Crippen LogP contribution in [0.25, 0.3) is 0 Å². The lowest BCUT2D eigenvalue weighted by Crippen LogP contribution is -2.38. The molecule has 16 heavy (non-hydrogen) atoms. The fraction of sp³-hybridized carbons (Fsp3) is 0.636. The fourth-order valence-electron chi connectivity index (χ4n) is 2.47. The Hall–Kier alpha value is -0.870. The molecule has 0 saturated heterocycles. The highest BCUT2D eigenvalue weighted by atomic mass is 35.5. The van der Waals surface area contributed by atoms with Crippen LogP contribution in [-0.2, 0) is 0 Å². The zero-order chi connectivity index (χ0) is 11.5. The van der Waals surface area contributed by atoms with Gasteiger partial charge in [0.05, 0.1) is 12.4 Å². The maximum atomic E-state index is 5.84. The van der Waals surface area contributed by atoms with Crippen LogP contribution in [0.2, 0.25) is 5.15 Å². The van der Waals surface area contributed by atoms with E-state index < -0.39 is 0 Å². The van der Waals surface area contributed by atoms with E-state index in [0.29, 0.717) is 17.1 Å². The number of hydrogen-bond donors (Lipinski definition) is 1. The molecule has 1 fully saturated rings. The topological polar surface area (TPSA) is 55.0 Å². The van der Waals surface area contributed by atoms with E-state index in [1.165, 1.54) is 19.3 Å². The third-order valence-electron chi connectivity index (χ3n) is 3.37. The average molecular weight is 241 g/mol. The van der Waals surface area contributed by atoms with Gasteiger partial charge in [0.2, 0.25) is 0 Å². The summed E-state index contributed by atoms with van der Waals surface area (Å²) >= 11 is 5.84. The van der Waals surface area contributed by atoms with Gasteiger partial charge in [-0.05, 0) is 25.3 Å². The van der Waals surface area contributed by atoms with Crippen LogP contribution in [0.15, 0.2) is 12.4 Å². The minimum atomic E-state index is 0.437. The molecule has 0 aromatic carbocycles. The lowest BCUT2D eigenvalue weighted by atomic mass is 10.0. The molecule has 1 aromatic heterocycles. The SMILES string of the molecule is CN(c1cncc(Cl)n1)C1CCCC1CN. The van der Waals surface area contributed by atoms with E-state index in [2.05, 4.69) is 14.9 Å². The fourth-order valence-corrected chi connectivity index (χ4v) is 2.62. The summed E-state index contributed by atoms with van der Waals surface area (Å²) in [4.78, 5) is 10.5. The van der Waals surface area contributed by atoms with Crippen molar-refractivity contribution < 1.29 is 0 Å². The van der Waals surface area contributed by atoms with Crippen molar-refractivity contribution in [3.05, 3.63) is 17.5 Å². The minimum Gasteiger partial charge on any atom is -0.355 e. The summed E-state index contributed by atoms with van der Waals surface area (Å²) in [5.74, 6) is 1.39. The van der Waals surface area contributed by atoms with Crippen molar-refractivity contribution in [3.8, 4) is 0 Å². The van der Waals surface area contributed by atoms with E-state index in [1.807, 2.05) is 7.05 Å². The molecule has 4 nitrogen and oxygen atoms in total. The molecule has 2 N–H and O–H groups in total. The Morgan fingerprint density at radius 2 is 2.31 bits per heavy atom. The molecule has 0 aliphatic heterocycles. The number of nitrogens with zero attached hydrogens (tertiary/aromatic N) is 3. The molecule has 1 heterocycles. The van der Waals surface area contributed by atoms with E-state index in [0.717, 1.165) is 12.4 Å². The Balaban J connectivity index is 2.15. The standard InChI is InChI=1S/C11H17ClN4/c1-16(9-4-2-3-8(9)5-13)11-7-14-6-10(12)15-11/h6-9H,2-5,13H2,1H3. The molecule has 2 unspecified atom stereocenters. The lowest BCUT2D eigenvalue weighted by Gasteiger charge is -2.29. The molecule has 0 spiro atoms. The van der Waals surface area contributed by atoms with Gasteiger partial charge in [0.15, 0.2) is 0 Å². The van der Waals surface area contributed by atoms with Gasteiger partial charge in [-0.15, -0.1) is 0 Å². The second-order valence-corrected chi connectivity index (χ2v) is 4.69. The highest BCUT2D eigenvalue weighted by Crippen LogP contribution is 2.30. The number of halogens is 1. The van der Waals surface area contributed by atoms with Gasteiger partial charge in [0.1, 0.15) is 11.0 Å². The van der Waals surface area contributed by atoms with Crippen LogP contribution in [0.1, 0.15) is 19.3 Å². The first-order valence-electron chi connectivity index (χ1n) is 5.63. The Kier molecular flexibility index (Phi) is 3.61. The Bertz CT molecular complexity index is 358. The number of aromatic nitrogens is 2. The molecule has 1 aromatic rings. The van der Waals surface area contributed by atoms with Gasteiger partial charge in [-0.2, -0.15) is 0 Å². The van der Waals surface area contributed by atoms with E-state index in [4.69, 9.17) is 17.3 Å². The monoisotopic (exact) mass is 240 g/mol. The number of nitrogens with two attached hydrogens (primary N) is 1. The molecule has 2 atom stereocenters. The van der Waals surface area contributed by atoms with Gasteiger partial charge in [0, 0.05) is 13.1 Å². The third-order valence-corrected chi connectivity index (χ3v) is 3.56. The largest absolute Gasteiger partial charge is 0.355 e. The first-order valence-corrected chi connectivity index (χ1v) is 6.00. The summed E-state index contributed by atoms with van der Waals surface area (Å²) < 4.78 is 0. The Labute approximate surface area is 101 Å². The molecule has 5 heteroatoms. The van der Waals surface area contributed by atoms with Crippen LogP contribution < -0.4 is 10.6 Å². The van der Waals surface area contributed by atoms with Gasteiger partial charge in [0.25, 0.3) is 0 Å². The highest BCUT2D eigenvalue weighted by Gasteiger charge is 2.30. The van der Waals surface area contributed by atoms with Crippen LogP contribution in [0.5, 0.6) is 0 Å². The number of anilines is 1. The molecule has 1 saturated carbocycles. The first kappa shape index (κ1) is 11.6. The smallest absolute Gasteiger partial charge is 0.149 e. The van der Waals surface area contributed by atoms with E-state index in [1.54, 1.807) is 12.4 Å².